The largest absolute Gasteiger partial charge is 0.491 e. The Morgan fingerprint density at radius 3 is 2.59 bits per heavy atom. The van der Waals surface area contributed by atoms with E-state index in [9.17, 15) is 9.90 Å². The van der Waals surface area contributed by atoms with Gasteiger partial charge in [0, 0.05) is 16.3 Å². The van der Waals surface area contributed by atoms with Crippen molar-refractivity contribution in [3.05, 3.63) is 59.1 Å². The molecule has 27 heavy (non-hydrogen) atoms. The molecule has 0 saturated heterocycles. The molecular formula is C18H17ClN4O3S. The third kappa shape index (κ3) is 5.29. The molecule has 140 valence electrons. The van der Waals surface area contributed by atoms with Crippen molar-refractivity contribution in [2.75, 3.05) is 12.4 Å². The molecule has 0 spiro atoms. The molecule has 1 N–H and O–H groups in total. The SMILES string of the molecule is CC(=O)c1ccc(OCC(O)CSc2nnnn2-c2ccc(Cl)cc2)cc1. The minimum absolute atomic E-state index is 0.00334. The van der Waals surface area contributed by atoms with Crippen molar-refractivity contribution >= 4 is 29.1 Å². The van der Waals surface area contributed by atoms with Crippen LogP contribution in [0.25, 0.3) is 5.69 Å². The van der Waals surface area contributed by atoms with E-state index in [-0.39, 0.29) is 12.4 Å². The molecule has 9 heteroatoms. The maximum Gasteiger partial charge on any atom is 0.214 e. The molecule has 0 aliphatic rings. The molecule has 0 aliphatic heterocycles. The number of thioether (sulfide) groups is 1. The van der Waals surface area contributed by atoms with E-state index in [0.717, 1.165) is 5.69 Å². The number of hydrogen-bond donors (Lipinski definition) is 1. The van der Waals surface area contributed by atoms with E-state index in [2.05, 4.69) is 15.5 Å². The molecule has 1 atom stereocenters. The Morgan fingerprint density at radius 1 is 1.22 bits per heavy atom. The van der Waals surface area contributed by atoms with Gasteiger partial charge in [0.1, 0.15) is 12.4 Å². The van der Waals surface area contributed by atoms with Crippen LogP contribution < -0.4 is 4.74 Å². The molecule has 2 aromatic carbocycles. The molecule has 7 nitrogen and oxygen atoms in total. The summed E-state index contributed by atoms with van der Waals surface area (Å²) in [7, 11) is 0. The number of rotatable bonds is 8. The van der Waals surface area contributed by atoms with Crippen molar-refractivity contribution in [3.8, 4) is 11.4 Å². The lowest BCUT2D eigenvalue weighted by molar-refractivity contribution is 0.101. The lowest BCUT2D eigenvalue weighted by Crippen LogP contribution is -2.20. The van der Waals surface area contributed by atoms with Gasteiger partial charge in [0.2, 0.25) is 5.16 Å². The number of aromatic nitrogens is 4. The minimum atomic E-state index is -0.710. The number of benzene rings is 2. The van der Waals surface area contributed by atoms with Crippen LogP contribution in [-0.2, 0) is 0 Å². The highest BCUT2D eigenvalue weighted by Gasteiger charge is 2.13. The number of tetrazole rings is 1. The Morgan fingerprint density at radius 2 is 1.93 bits per heavy atom. The maximum absolute atomic E-state index is 11.3. The van der Waals surface area contributed by atoms with Gasteiger partial charge in [-0.05, 0) is 65.9 Å². The maximum atomic E-state index is 11.3. The highest BCUT2D eigenvalue weighted by atomic mass is 35.5. The Kier molecular flexibility index (Phi) is 6.44. The molecule has 3 aromatic rings. The van der Waals surface area contributed by atoms with Crippen molar-refractivity contribution in [2.45, 2.75) is 18.2 Å². The normalized spacial score (nSPS) is 12.0. The van der Waals surface area contributed by atoms with E-state index in [1.54, 1.807) is 41.1 Å². The molecule has 0 fully saturated rings. The first-order chi connectivity index (χ1) is 13.0. The number of carbonyl (C=O) groups is 1. The number of halogens is 1. The second-order valence-electron chi connectivity index (χ2n) is 5.71. The number of ketones is 1. The average Bonchev–Trinajstić information content (AvgIpc) is 3.14. The number of aliphatic hydroxyl groups excluding tert-OH is 1. The first-order valence-corrected chi connectivity index (χ1v) is 9.48. The molecular weight excluding hydrogens is 388 g/mol. The van der Waals surface area contributed by atoms with Crippen molar-refractivity contribution in [3.63, 3.8) is 0 Å². The van der Waals surface area contributed by atoms with Crippen LogP contribution in [0, 0.1) is 0 Å². The Labute approximate surface area is 165 Å². The molecule has 1 heterocycles. The van der Waals surface area contributed by atoms with Gasteiger partial charge in [-0.3, -0.25) is 4.79 Å². The second kappa shape index (κ2) is 8.98. The third-order valence-electron chi connectivity index (χ3n) is 3.62. The van der Waals surface area contributed by atoms with Crippen LogP contribution in [0.5, 0.6) is 5.75 Å². The van der Waals surface area contributed by atoms with Crippen LogP contribution >= 0.6 is 23.4 Å². The third-order valence-corrected chi connectivity index (χ3v) is 4.94. The highest BCUT2D eigenvalue weighted by Crippen LogP contribution is 2.21. The van der Waals surface area contributed by atoms with Crippen LogP contribution in [0.15, 0.2) is 53.7 Å². The fourth-order valence-corrected chi connectivity index (χ4v) is 3.13. The first kappa shape index (κ1) is 19.3. The number of Topliss-reactive ketones (excluding diaryl/α,β-unsaturated/α-hetero) is 1. The minimum Gasteiger partial charge on any atom is -0.491 e. The van der Waals surface area contributed by atoms with Gasteiger partial charge in [0.25, 0.3) is 0 Å². The summed E-state index contributed by atoms with van der Waals surface area (Å²) >= 11 is 7.22. The van der Waals surface area contributed by atoms with Gasteiger partial charge in [0.15, 0.2) is 5.78 Å². The summed E-state index contributed by atoms with van der Waals surface area (Å²) in [4.78, 5) is 11.3. The fourth-order valence-electron chi connectivity index (χ4n) is 2.21. The smallest absolute Gasteiger partial charge is 0.214 e. The quantitative estimate of drug-likeness (QED) is 0.455. The van der Waals surface area contributed by atoms with Crippen LogP contribution in [-0.4, -0.2) is 49.6 Å². The molecule has 0 bridgehead atoms. The van der Waals surface area contributed by atoms with Crippen molar-refractivity contribution in [2.24, 2.45) is 0 Å². The van der Waals surface area contributed by atoms with Gasteiger partial charge in [-0.15, -0.1) is 5.10 Å². The van der Waals surface area contributed by atoms with Gasteiger partial charge >= 0.3 is 0 Å². The Bertz CT molecular complexity index is 900. The summed E-state index contributed by atoms with van der Waals surface area (Å²) < 4.78 is 7.13. The van der Waals surface area contributed by atoms with Gasteiger partial charge in [0.05, 0.1) is 11.8 Å². The van der Waals surface area contributed by atoms with E-state index in [1.807, 2.05) is 12.1 Å². The molecule has 0 radical (unpaired) electrons. The van der Waals surface area contributed by atoms with Gasteiger partial charge < -0.3 is 9.84 Å². The number of hydrogen-bond acceptors (Lipinski definition) is 7. The predicted octanol–water partition coefficient (Wildman–Crippen LogP) is 3.05. The predicted molar refractivity (Wildman–Crippen MR) is 103 cm³/mol. The zero-order chi connectivity index (χ0) is 19.2. The highest BCUT2D eigenvalue weighted by molar-refractivity contribution is 7.99. The number of ether oxygens (including phenoxy) is 1. The van der Waals surface area contributed by atoms with Crippen LogP contribution in [0.4, 0.5) is 0 Å². The number of nitrogens with zero attached hydrogens (tertiary/aromatic N) is 4. The van der Waals surface area contributed by atoms with Gasteiger partial charge in [-0.1, -0.05) is 23.4 Å². The van der Waals surface area contributed by atoms with Gasteiger partial charge in [-0.2, -0.15) is 4.68 Å². The summed E-state index contributed by atoms with van der Waals surface area (Å²) in [6.07, 6.45) is -0.710. The monoisotopic (exact) mass is 404 g/mol. The average molecular weight is 405 g/mol. The van der Waals surface area contributed by atoms with E-state index >= 15 is 0 Å². The topological polar surface area (TPSA) is 90.1 Å². The number of aliphatic hydroxyl groups is 1. The number of carbonyl (C=O) groups excluding carboxylic acids is 1. The summed E-state index contributed by atoms with van der Waals surface area (Å²) in [6.45, 7) is 1.63. The van der Waals surface area contributed by atoms with E-state index in [4.69, 9.17) is 16.3 Å². The van der Waals surface area contributed by atoms with Crippen molar-refractivity contribution in [1.29, 1.82) is 0 Å². The Hall–Kier alpha value is -2.42. The van der Waals surface area contributed by atoms with E-state index < -0.39 is 6.10 Å². The Balaban J connectivity index is 1.52. The fraction of sp³-hybridized carbons (Fsp3) is 0.222. The summed E-state index contributed by atoms with van der Waals surface area (Å²) in [5.74, 6) is 0.950. The zero-order valence-electron chi connectivity index (χ0n) is 14.4. The van der Waals surface area contributed by atoms with E-state index in [0.29, 0.717) is 27.2 Å². The summed E-state index contributed by atoms with van der Waals surface area (Å²) in [5.41, 5.74) is 1.40. The first-order valence-electron chi connectivity index (χ1n) is 8.12. The lowest BCUT2D eigenvalue weighted by Gasteiger charge is -2.12. The molecule has 1 unspecified atom stereocenters. The zero-order valence-corrected chi connectivity index (χ0v) is 16.0. The standard InChI is InChI=1S/C18H17ClN4O3S/c1-12(24)13-2-8-17(9-3-13)26-10-16(25)11-27-18-20-21-22-23(18)15-6-4-14(19)5-7-15/h2-9,16,25H,10-11H2,1H3. The molecule has 3 rings (SSSR count). The van der Waals surface area contributed by atoms with Crippen molar-refractivity contribution < 1.29 is 14.6 Å². The molecule has 0 saturated carbocycles. The van der Waals surface area contributed by atoms with Crippen molar-refractivity contribution in [1.82, 2.24) is 20.2 Å². The summed E-state index contributed by atoms with van der Waals surface area (Å²) in [5, 5.41) is 23.0. The molecule has 0 aliphatic carbocycles. The van der Waals surface area contributed by atoms with Crippen LogP contribution in [0.2, 0.25) is 5.02 Å². The lowest BCUT2D eigenvalue weighted by atomic mass is 10.1. The molecule has 0 amide bonds. The van der Waals surface area contributed by atoms with Crippen LogP contribution in [0.3, 0.4) is 0 Å². The van der Waals surface area contributed by atoms with E-state index in [1.165, 1.54) is 18.7 Å². The molecule has 1 aromatic heterocycles. The van der Waals surface area contributed by atoms with Crippen LogP contribution in [0.1, 0.15) is 17.3 Å². The second-order valence-corrected chi connectivity index (χ2v) is 7.13. The summed E-state index contributed by atoms with van der Waals surface area (Å²) in [6, 6.07) is 13.9. The van der Waals surface area contributed by atoms with Gasteiger partial charge in [-0.25, -0.2) is 0 Å².